The molecule has 0 bridgehead atoms. The van der Waals surface area contributed by atoms with Gasteiger partial charge in [0.05, 0.1) is 18.3 Å². The van der Waals surface area contributed by atoms with Gasteiger partial charge in [-0.15, -0.1) is 0 Å². The maximum absolute atomic E-state index is 12.9. The molecule has 32 heavy (non-hydrogen) atoms. The largest absolute Gasteiger partial charge is 0.387 e. The minimum atomic E-state index is -0.784. The Labute approximate surface area is 190 Å². The number of aromatic nitrogens is 5. The number of aliphatic hydroxyl groups is 1. The van der Waals surface area contributed by atoms with Crippen LogP contribution in [0.5, 0.6) is 0 Å². The molecule has 3 heterocycles. The quantitative estimate of drug-likeness (QED) is 0.417. The van der Waals surface area contributed by atoms with Gasteiger partial charge in [0.25, 0.3) is 5.56 Å². The number of fused-ring (bicyclic) bond motifs is 3. The van der Waals surface area contributed by atoms with Gasteiger partial charge in [-0.25, -0.2) is 4.79 Å². The van der Waals surface area contributed by atoms with E-state index in [0.29, 0.717) is 16.9 Å². The summed E-state index contributed by atoms with van der Waals surface area (Å²) in [5, 5.41) is 11.0. The van der Waals surface area contributed by atoms with Crippen molar-refractivity contribution in [1.29, 1.82) is 0 Å². The predicted molar refractivity (Wildman–Crippen MR) is 126 cm³/mol. The monoisotopic (exact) mass is 493 g/mol. The summed E-state index contributed by atoms with van der Waals surface area (Å²) in [6.45, 7) is 0.226. The first-order valence-electron chi connectivity index (χ1n) is 10.0. The molecular weight excluding hydrogens is 474 g/mol. The van der Waals surface area contributed by atoms with Gasteiger partial charge in [0.1, 0.15) is 0 Å². The molecule has 0 radical (unpaired) electrons. The van der Waals surface area contributed by atoms with Crippen LogP contribution in [0.15, 0.2) is 74.9 Å². The van der Waals surface area contributed by atoms with E-state index in [1.807, 2.05) is 65.4 Å². The number of nitrogens with zero attached hydrogens (tertiary/aromatic N) is 5. The van der Waals surface area contributed by atoms with Crippen molar-refractivity contribution in [2.45, 2.75) is 12.6 Å². The van der Waals surface area contributed by atoms with Crippen molar-refractivity contribution in [3.05, 3.63) is 91.7 Å². The van der Waals surface area contributed by atoms with E-state index >= 15 is 0 Å². The summed E-state index contributed by atoms with van der Waals surface area (Å²) in [7, 11) is 3.05. The lowest BCUT2D eigenvalue weighted by Crippen LogP contribution is -2.37. The third kappa shape index (κ3) is 3.12. The van der Waals surface area contributed by atoms with E-state index < -0.39 is 17.4 Å². The van der Waals surface area contributed by atoms with E-state index in [-0.39, 0.29) is 6.54 Å². The number of benzene rings is 2. The summed E-state index contributed by atoms with van der Waals surface area (Å²) in [6.07, 6.45) is 1.05. The van der Waals surface area contributed by atoms with Gasteiger partial charge in [0.2, 0.25) is 5.78 Å². The van der Waals surface area contributed by atoms with Gasteiger partial charge >= 0.3 is 5.69 Å². The van der Waals surface area contributed by atoms with Crippen molar-refractivity contribution >= 4 is 32.9 Å². The van der Waals surface area contributed by atoms with Gasteiger partial charge in [-0.3, -0.25) is 18.3 Å². The lowest BCUT2D eigenvalue weighted by Gasteiger charge is -2.15. The molecule has 0 fully saturated rings. The Morgan fingerprint density at radius 1 is 1.00 bits per heavy atom. The van der Waals surface area contributed by atoms with E-state index in [1.54, 1.807) is 11.4 Å². The van der Waals surface area contributed by atoms with Crippen LogP contribution in [-0.2, 0) is 20.6 Å². The zero-order valence-corrected chi connectivity index (χ0v) is 19.0. The van der Waals surface area contributed by atoms with Gasteiger partial charge in [0.15, 0.2) is 11.2 Å². The molecule has 9 heteroatoms. The third-order valence-electron chi connectivity index (χ3n) is 5.74. The van der Waals surface area contributed by atoms with E-state index in [9.17, 15) is 14.7 Å². The molecule has 0 spiro atoms. The van der Waals surface area contributed by atoms with E-state index in [0.717, 1.165) is 25.9 Å². The molecular formula is C23H20BrN5O3. The molecule has 162 valence electrons. The molecule has 8 nitrogen and oxygen atoms in total. The Morgan fingerprint density at radius 3 is 2.38 bits per heavy atom. The van der Waals surface area contributed by atoms with Gasteiger partial charge in [-0.2, -0.15) is 4.98 Å². The lowest BCUT2D eigenvalue weighted by atomic mass is 10.1. The molecule has 5 rings (SSSR count). The molecule has 0 unspecified atom stereocenters. The second-order valence-corrected chi connectivity index (χ2v) is 8.63. The van der Waals surface area contributed by atoms with Crippen LogP contribution in [0.1, 0.15) is 11.7 Å². The molecule has 0 aliphatic carbocycles. The Morgan fingerprint density at radius 2 is 1.69 bits per heavy atom. The first kappa shape index (κ1) is 20.5. The maximum atomic E-state index is 12.9. The van der Waals surface area contributed by atoms with Crippen LogP contribution in [-0.4, -0.2) is 28.2 Å². The first-order valence-corrected chi connectivity index (χ1v) is 10.8. The number of imidazole rings is 2. The second-order valence-electron chi connectivity index (χ2n) is 7.72. The second kappa shape index (κ2) is 7.61. The molecule has 0 aliphatic heterocycles. The standard InChI is InChI=1S/C23H20BrN5O3/c1-26-20-19(21(31)27(2)23(26)32)29-12-17(14-8-10-16(24)11-9-14)28(22(29)25-20)13-18(30)15-6-4-3-5-7-15/h3-12,18,30H,13H2,1-2H3/t18-/m1/s1. The number of hydrogen-bond acceptors (Lipinski definition) is 4. The highest BCUT2D eigenvalue weighted by Crippen LogP contribution is 2.28. The average Bonchev–Trinajstić information content (AvgIpc) is 3.34. The summed E-state index contributed by atoms with van der Waals surface area (Å²) in [4.78, 5) is 30.0. The lowest BCUT2D eigenvalue weighted by molar-refractivity contribution is 0.158. The normalized spacial score (nSPS) is 12.6. The highest BCUT2D eigenvalue weighted by Gasteiger charge is 2.22. The van der Waals surface area contributed by atoms with E-state index in [4.69, 9.17) is 0 Å². The van der Waals surface area contributed by atoms with Crippen LogP contribution in [0.2, 0.25) is 0 Å². The van der Waals surface area contributed by atoms with Crippen LogP contribution in [0.25, 0.3) is 28.2 Å². The molecule has 1 N–H and O–H groups in total. The molecule has 0 saturated heterocycles. The Hall–Kier alpha value is -3.43. The van der Waals surface area contributed by atoms with Crippen molar-refractivity contribution in [1.82, 2.24) is 23.1 Å². The zero-order valence-electron chi connectivity index (χ0n) is 17.4. The minimum absolute atomic E-state index is 0.226. The van der Waals surface area contributed by atoms with Crippen LogP contribution < -0.4 is 11.2 Å². The molecule has 0 saturated carbocycles. The SMILES string of the molecule is Cn1c(=O)c2c(nc3n(C[C@@H](O)c4ccccc4)c(-c4ccc(Br)cc4)cn23)n(C)c1=O. The van der Waals surface area contributed by atoms with Gasteiger partial charge in [0, 0.05) is 24.8 Å². The van der Waals surface area contributed by atoms with Crippen LogP contribution >= 0.6 is 15.9 Å². The summed E-state index contributed by atoms with van der Waals surface area (Å²) in [5.41, 5.74) is 2.25. The minimum Gasteiger partial charge on any atom is -0.387 e. The average molecular weight is 494 g/mol. The van der Waals surface area contributed by atoms with Crippen molar-refractivity contribution in [2.75, 3.05) is 0 Å². The zero-order chi connectivity index (χ0) is 22.6. The third-order valence-corrected chi connectivity index (χ3v) is 6.26. The molecule has 5 aromatic rings. The number of rotatable bonds is 4. The summed E-state index contributed by atoms with van der Waals surface area (Å²) >= 11 is 3.46. The fraction of sp³-hybridized carbons (Fsp3) is 0.174. The summed E-state index contributed by atoms with van der Waals surface area (Å²) in [6, 6.07) is 17.2. The van der Waals surface area contributed by atoms with Crippen molar-refractivity contribution in [3.8, 4) is 11.3 Å². The summed E-state index contributed by atoms with van der Waals surface area (Å²) in [5.74, 6) is 0.478. The highest BCUT2D eigenvalue weighted by molar-refractivity contribution is 9.10. The maximum Gasteiger partial charge on any atom is 0.332 e. The number of hydrogen-bond donors (Lipinski definition) is 1. The topological polar surface area (TPSA) is 86.5 Å². The molecule has 0 amide bonds. The molecule has 0 aliphatic rings. The summed E-state index contributed by atoms with van der Waals surface area (Å²) < 4.78 is 6.96. The van der Waals surface area contributed by atoms with Crippen molar-refractivity contribution in [3.63, 3.8) is 0 Å². The Bertz CT molecular complexity index is 1580. The highest BCUT2D eigenvalue weighted by atomic mass is 79.9. The van der Waals surface area contributed by atoms with E-state index in [2.05, 4.69) is 20.9 Å². The Balaban J connectivity index is 1.80. The number of halogens is 1. The Kier molecular flexibility index (Phi) is 4.87. The predicted octanol–water partition coefficient (Wildman–Crippen LogP) is 2.85. The van der Waals surface area contributed by atoms with Crippen molar-refractivity contribution in [2.24, 2.45) is 14.1 Å². The molecule has 2 aromatic carbocycles. The van der Waals surface area contributed by atoms with Crippen LogP contribution in [0, 0.1) is 0 Å². The molecule has 1 atom stereocenters. The van der Waals surface area contributed by atoms with Crippen LogP contribution in [0.4, 0.5) is 0 Å². The fourth-order valence-corrected chi connectivity index (χ4v) is 4.26. The van der Waals surface area contributed by atoms with Gasteiger partial charge < -0.3 is 9.67 Å². The molecule has 3 aromatic heterocycles. The number of aliphatic hydroxyl groups excluding tert-OH is 1. The van der Waals surface area contributed by atoms with Crippen molar-refractivity contribution < 1.29 is 5.11 Å². The number of aryl methyl sites for hydroxylation is 1. The first-order chi connectivity index (χ1) is 15.4. The smallest absolute Gasteiger partial charge is 0.332 e. The van der Waals surface area contributed by atoms with Gasteiger partial charge in [-0.1, -0.05) is 58.4 Å². The van der Waals surface area contributed by atoms with E-state index in [1.165, 1.54) is 11.6 Å². The fourth-order valence-electron chi connectivity index (χ4n) is 4.00. The van der Waals surface area contributed by atoms with Crippen LogP contribution in [0.3, 0.4) is 0 Å². The van der Waals surface area contributed by atoms with Gasteiger partial charge in [-0.05, 0) is 23.3 Å².